The summed E-state index contributed by atoms with van der Waals surface area (Å²) in [5, 5.41) is 6.54. The molecule has 1 aromatic heterocycles. The van der Waals surface area contributed by atoms with Crippen molar-refractivity contribution in [2.45, 2.75) is 32.6 Å². The minimum atomic E-state index is -3.52. The lowest BCUT2D eigenvalue weighted by atomic mass is 9.95. The van der Waals surface area contributed by atoms with Crippen LogP contribution in [-0.4, -0.2) is 31.7 Å². The van der Waals surface area contributed by atoms with E-state index in [1.54, 1.807) is 13.8 Å². The monoisotopic (exact) mass is 260 g/mol. The minimum Gasteiger partial charge on any atom is -0.330 e. The standard InChI is InChI=1S/C10H20N4O2S/c1-7-9(8(2)14-13-7)17(15,16)12-6-10(3,4)5-11/h12H,5-6,11H2,1-4H3,(H,13,14). The third-order valence-corrected chi connectivity index (χ3v) is 4.29. The summed E-state index contributed by atoms with van der Waals surface area (Å²) in [5.74, 6) is 0. The Balaban J connectivity index is 2.91. The molecule has 0 saturated heterocycles. The summed E-state index contributed by atoms with van der Waals surface area (Å²) >= 11 is 0. The summed E-state index contributed by atoms with van der Waals surface area (Å²) in [5.41, 5.74) is 6.31. The summed E-state index contributed by atoms with van der Waals surface area (Å²) in [6, 6.07) is 0. The summed E-state index contributed by atoms with van der Waals surface area (Å²) in [7, 11) is -3.52. The first-order valence-corrected chi connectivity index (χ1v) is 6.89. The van der Waals surface area contributed by atoms with Gasteiger partial charge in [0, 0.05) is 6.54 Å². The molecule has 0 spiro atoms. The summed E-state index contributed by atoms with van der Waals surface area (Å²) < 4.78 is 26.7. The Bertz CT molecular complexity index is 471. The number of aromatic amines is 1. The largest absolute Gasteiger partial charge is 0.330 e. The Hall–Kier alpha value is -0.920. The van der Waals surface area contributed by atoms with Crippen molar-refractivity contribution in [2.75, 3.05) is 13.1 Å². The van der Waals surface area contributed by atoms with Gasteiger partial charge in [-0.2, -0.15) is 5.10 Å². The van der Waals surface area contributed by atoms with Crippen molar-refractivity contribution in [3.8, 4) is 0 Å². The summed E-state index contributed by atoms with van der Waals surface area (Å²) in [6.45, 7) is 7.87. The van der Waals surface area contributed by atoms with E-state index in [1.165, 1.54) is 0 Å². The average Bonchev–Trinajstić information content (AvgIpc) is 2.57. The van der Waals surface area contributed by atoms with Gasteiger partial charge < -0.3 is 5.73 Å². The third-order valence-electron chi connectivity index (χ3n) is 2.62. The molecule has 0 atom stereocenters. The second-order valence-electron chi connectivity index (χ2n) is 4.96. The molecule has 6 nitrogen and oxygen atoms in total. The zero-order chi connectivity index (χ0) is 13.3. The predicted octanol–water partition coefficient (Wildman–Crippen LogP) is 0.290. The van der Waals surface area contributed by atoms with Gasteiger partial charge in [-0.05, 0) is 25.8 Å². The van der Waals surface area contributed by atoms with Gasteiger partial charge in [0.2, 0.25) is 10.0 Å². The van der Waals surface area contributed by atoms with Crippen LogP contribution in [0.2, 0.25) is 0 Å². The Morgan fingerprint density at radius 1 is 1.41 bits per heavy atom. The fourth-order valence-corrected chi connectivity index (χ4v) is 2.98. The predicted molar refractivity (Wildman–Crippen MR) is 66.1 cm³/mol. The highest BCUT2D eigenvalue weighted by molar-refractivity contribution is 7.89. The molecule has 98 valence electrons. The van der Waals surface area contributed by atoms with Gasteiger partial charge in [-0.15, -0.1) is 0 Å². The lowest BCUT2D eigenvalue weighted by molar-refractivity contribution is 0.376. The Morgan fingerprint density at radius 3 is 2.41 bits per heavy atom. The van der Waals surface area contributed by atoms with Gasteiger partial charge in [-0.25, -0.2) is 13.1 Å². The van der Waals surface area contributed by atoms with Crippen LogP contribution in [0.15, 0.2) is 4.90 Å². The first kappa shape index (κ1) is 14.1. The molecule has 0 aliphatic carbocycles. The number of aryl methyl sites for hydroxylation is 2. The first-order valence-electron chi connectivity index (χ1n) is 5.41. The van der Waals surface area contributed by atoms with E-state index >= 15 is 0 Å². The van der Waals surface area contributed by atoms with Crippen LogP contribution in [-0.2, 0) is 10.0 Å². The Labute approximate surface area is 102 Å². The molecule has 0 amide bonds. The van der Waals surface area contributed by atoms with Crippen LogP contribution >= 0.6 is 0 Å². The molecule has 0 aliphatic heterocycles. The molecule has 0 fully saturated rings. The molecule has 0 unspecified atom stereocenters. The number of rotatable bonds is 5. The maximum Gasteiger partial charge on any atom is 0.244 e. The molecular weight excluding hydrogens is 240 g/mol. The number of nitrogens with two attached hydrogens (primary N) is 1. The molecule has 0 bridgehead atoms. The SMILES string of the molecule is Cc1n[nH]c(C)c1S(=O)(=O)NCC(C)(C)CN. The van der Waals surface area contributed by atoms with Crippen molar-refractivity contribution in [3.63, 3.8) is 0 Å². The van der Waals surface area contributed by atoms with Gasteiger partial charge in [0.05, 0.1) is 11.4 Å². The third kappa shape index (κ3) is 3.27. The van der Waals surface area contributed by atoms with Crippen molar-refractivity contribution in [2.24, 2.45) is 11.1 Å². The van der Waals surface area contributed by atoms with E-state index in [1.807, 2.05) is 13.8 Å². The van der Waals surface area contributed by atoms with E-state index in [2.05, 4.69) is 14.9 Å². The maximum absolute atomic E-state index is 12.1. The second kappa shape index (κ2) is 4.75. The summed E-state index contributed by atoms with van der Waals surface area (Å²) in [4.78, 5) is 0.227. The molecule has 0 saturated carbocycles. The fraction of sp³-hybridized carbons (Fsp3) is 0.700. The van der Waals surface area contributed by atoms with Gasteiger partial charge in [-0.3, -0.25) is 5.10 Å². The lowest BCUT2D eigenvalue weighted by Gasteiger charge is -2.22. The van der Waals surface area contributed by atoms with E-state index in [0.29, 0.717) is 24.5 Å². The average molecular weight is 260 g/mol. The number of nitrogens with zero attached hydrogens (tertiary/aromatic N) is 1. The van der Waals surface area contributed by atoms with E-state index in [0.717, 1.165) is 0 Å². The van der Waals surface area contributed by atoms with Crippen molar-refractivity contribution < 1.29 is 8.42 Å². The van der Waals surface area contributed by atoms with Crippen molar-refractivity contribution in [1.29, 1.82) is 0 Å². The number of sulfonamides is 1. The van der Waals surface area contributed by atoms with Crippen LogP contribution in [0.3, 0.4) is 0 Å². The van der Waals surface area contributed by atoms with Gasteiger partial charge in [0.15, 0.2) is 0 Å². The lowest BCUT2D eigenvalue weighted by Crippen LogP contribution is -2.38. The van der Waals surface area contributed by atoms with E-state index < -0.39 is 10.0 Å². The molecular formula is C10H20N4O2S. The summed E-state index contributed by atoms with van der Waals surface area (Å²) in [6.07, 6.45) is 0. The van der Waals surface area contributed by atoms with E-state index in [4.69, 9.17) is 5.73 Å². The molecule has 1 rings (SSSR count). The van der Waals surface area contributed by atoms with Crippen molar-refractivity contribution >= 4 is 10.0 Å². The number of hydrogen-bond acceptors (Lipinski definition) is 4. The number of aromatic nitrogens is 2. The Kier molecular flexibility index (Phi) is 3.95. The smallest absolute Gasteiger partial charge is 0.244 e. The molecule has 0 aromatic carbocycles. The number of H-pyrrole nitrogens is 1. The van der Waals surface area contributed by atoms with Gasteiger partial charge >= 0.3 is 0 Å². The van der Waals surface area contributed by atoms with Crippen molar-refractivity contribution in [1.82, 2.24) is 14.9 Å². The van der Waals surface area contributed by atoms with E-state index in [9.17, 15) is 8.42 Å². The highest BCUT2D eigenvalue weighted by Crippen LogP contribution is 2.18. The highest BCUT2D eigenvalue weighted by Gasteiger charge is 2.25. The first-order chi connectivity index (χ1) is 7.69. The number of hydrogen-bond donors (Lipinski definition) is 3. The number of nitrogens with one attached hydrogen (secondary N) is 2. The van der Waals surface area contributed by atoms with Crippen LogP contribution in [0.4, 0.5) is 0 Å². The highest BCUT2D eigenvalue weighted by atomic mass is 32.2. The van der Waals surface area contributed by atoms with Gasteiger partial charge in [0.25, 0.3) is 0 Å². The Morgan fingerprint density at radius 2 is 2.00 bits per heavy atom. The fourth-order valence-electron chi connectivity index (χ4n) is 1.37. The van der Waals surface area contributed by atoms with Crippen LogP contribution < -0.4 is 10.5 Å². The van der Waals surface area contributed by atoms with Crippen LogP contribution in [0.1, 0.15) is 25.2 Å². The molecule has 0 radical (unpaired) electrons. The maximum atomic E-state index is 12.1. The van der Waals surface area contributed by atoms with Crippen LogP contribution in [0, 0.1) is 19.3 Å². The molecule has 0 aliphatic rings. The second-order valence-corrected chi connectivity index (χ2v) is 6.66. The minimum absolute atomic E-state index is 0.227. The van der Waals surface area contributed by atoms with E-state index in [-0.39, 0.29) is 10.3 Å². The van der Waals surface area contributed by atoms with Gasteiger partial charge in [-0.1, -0.05) is 13.8 Å². The zero-order valence-corrected chi connectivity index (χ0v) is 11.5. The zero-order valence-electron chi connectivity index (χ0n) is 10.7. The molecule has 1 heterocycles. The van der Waals surface area contributed by atoms with Crippen molar-refractivity contribution in [3.05, 3.63) is 11.4 Å². The topological polar surface area (TPSA) is 101 Å². The molecule has 4 N–H and O–H groups in total. The van der Waals surface area contributed by atoms with Crippen LogP contribution in [0.5, 0.6) is 0 Å². The molecule has 7 heteroatoms. The molecule has 17 heavy (non-hydrogen) atoms. The van der Waals surface area contributed by atoms with Crippen LogP contribution in [0.25, 0.3) is 0 Å². The molecule has 1 aromatic rings. The quantitative estimate of drug-likeness (QED) is 0.708. The van der Waals surface area contributed by atoms with Gasteiger partial charge in [0.1, 0.15) is 4.90 Å². The normalized spacial score (nSPS) is 13.0.